The maximum absolute atomic E-state index is 5.40. The summed E-state index contributed by atoms with van der Waals surface area (Å²) in [6.45, 7) is 2.00. The molecule has 0 saturated carbocycles. The Balaban J connectivity index is 1.97. The normalized spacial score (nSPS) is 12.7. The minimum absolute atomic E-state index is 0.664. The van der Waals surface area contributed by atoms with Gasteiger partial charge in [0.05, 0.1) is 18.2 Å². The number of hydrogen-bond donors (Lipinski definition) is 0. The van der Waals surface area contributed by atoms with Crippen LogP contribution in [0, 0.1) is 6.92 Å². The summed E-state index contributed by atoms with van der Waals surface area (Å²) in [6, 6.07) is 12.2. The molecule has 0 spiro atoms. The highest BCUT2D eigenvalue weighted by Crippen LogP contribution is 2.24. The second-order valence-electron chi connectivity index (χ2n) is 6.45. The zero-order chi connectivity index (χ0) is 18.8. The van der Waals surface area contributed by atoms with Crippen molar-refractivity contribution in [1.29, 1.82) is 0 Å². The molecule has 27 heavy (non-hydrogen) atoms. The van der Waals surface area contributed by atoms with Crippen molar-refractivity contribution in [3.8, 4) is 28.5 Å². The molecule has 136 valence electrons. The van der Waals surface area contributed by atoms with E-state index in [0.29, 0.717) is 5.82 Å². The van der Waals surface area contributed by atoms with E-state index in [4.69, 9.17) is 14.7 Å². The van der Waals surface area contributed by atoms with Crippen LogP contribution in [0.4, 0.5) is 0 Å². The summed E-state index contributed by atoms with van der Waals surface area (Å²) in [5.41, 5.74) is 3.74. The van der Waals surface area contributed by atoms with Crippen molar-refractivity contribution in [2.75, 3.05) is 13.4 Å². The fourth-order valence-electron chi connectivity index (χ4n) is 3.27. The summed E-state index contributed by atoms with van der Waals surface area (Å²) in [5.74, 6) is 1.48. The fraction of sp³-hybridized carbons (Fsp3) is 0.227. The van der Waals surface area contributed by atoms with E-state index in [2.05, 4.69) is 41.6 Å². The minimum atomic E-state index is 0.664. The van der Waals surface area contributed by atoms with Crippen molar-refractivity contribution in [3.63, 3.8) is 0 Å². The maximum Gasteiger partial charge on any atom is 0.179 e. The number of methoxy groups -OCH3 is 1. The van der Waals surface area contributed by atoms with Crippen LogP contribution in [0.1, 0.15) is 18.5 Å². The summed E-state index contributed by atoms with van der Waals surface area (Å²) in [4.78, 5) is 15.6. The van der Waals surface area contributed by atoms with Crippen LogP contribution in [0.25, 0.3) is 34.9 Å². The van der Waals surface area contributed by atoms with E-state index >= 15 is 0 Å². The highest BCUT2D eigenvalue weighted by atomic mass is 32.2. The molecule has 1 aliphatic rings. The summed E-state index contributed by atoms with van der Waals surface area (Å²) >= 11 is 1.70. The number of thioether (sulfide) groups is 1. The van der Waals surface area contributed by atoms with Crippen molar-refractivity contribution >= 4 is 23.9 Å². The number of nitrogens with zero attached hydrogens (tertiary/aromatic N) is 3. The minimum Gasteiger partial charge on any atom is -0.497 e. The number of benzene rings is 1. The standard InChI is InChI=1S/C22H21N3OS/c1-14-11-17(27-3)13-20(23-14)22-24-19-10-5-4-9-18(19)21(25-22)15-7-6-8-16(12-15)26-2/h6-13H,4-5H2,1-3H3. The van der Waals surface area contributed by atoms with Gasteiger partial charge in [-0.2, -0.15) is 0 Å². The van der Waals surface area contributed by atoms with E-state index in [1.807, 2.05) is 25.1 Å². The lowest BCUT2D eigenvalue weighted by Gasteiger charge is -2.11. The average molecular weight is 375 g/mol. The molecule has 0 fully saturated rings. The molecule has 1 aliphatic carbocycles. The third kappa shape index (κ3) is 3.60. The Morgan fingerprint density at radius 1 is 1.00 bits per heavy atom. The van der Waals surface area contributed by atoms with Gasteiger partial charge < -0.3 is 4.74 Å². The quantitative estimate of drug-likeness (QED) is 0.652. The summed E-state index contributed by atoms with van der Waals surface area (Å²) in [7, 11) is 1.68. The van der Waals surface area contributed by atoms with Crippen LogP contribution < -0.4 is 15.3 Å². The summed E-state index contributed by atoms with van der Waals surface area (Å²) in [5, 5.41) is 2.08. The van der Waals surface area contributed by atoms with Gasteiger partial charge in [-0.15, -0.1) is 11.8 Å². The Morgan fingerprint density at radius 2 is 1.85 bits per heavy atom. The SMILES string of the molecule is COc1cccc(-c2nc(-c3cc(SC)cc(C)n3)nc3c2=CCCC=3)c1. The predicted octanol–water partition coefficient (Wildman–Crippen LogP) is 3.60. The lowest BCUT2D eigenvalue weighted by Crippen LogP contribution is -2.33. The van der Waals surface area contributed by atoms with Gasteiger partial charge in [0.25, 0.3) is 0 Å². The third-order valence-corrected chi connectivity index (χ3v) is 5.27. The van der Waals surface area contributed by atoms with Crippen LogP contribution in [0.3, 0.4) is 0 Å². The molecule has 0 amide bonds. The largest absolute Gasteiger partial charge is 0.497 e. The van der Waals surface area contributed by atoms with Crippen LogP contribution in [0.15, 0.2) is 41.3 Å². The first-order valence-electron chi connectivity index (χ1n) is 8.94. The van der Waals surface area contributed by atoms with Crippen molar-refractivity contribution in [3.05, 3.63) is 52.7 Å². The van der Waals surface area contributed by atoms with Gasteiger partial charge in [-0.05, 0) is 50.3 Å². The highest BCUT2D eigenvalue weighted by Gasteiger charge is 2.13. The molecular weight excluding hydrogens is 354 g/mol. The first kappa shape index (κ1) is 17.7. The maximum atomic E-state index is 5.40. The van der Waals surface area contributed by atoms with Gasteiger partial charge in [0.1, 0.15) is 11.4 Å². The smallest absolute Gasteiger partial charge is 0.179 e. The van der Waals surface area contributed by atoms with E-state index < -0.39 is 0 Å². The topological polar surface area (TPSA) is 47.9 Å². The van der Waals surface area contributed by atoms with Gasteiger partial charge in [-0.1, -0.05) is 24.3 Å². The van der Waals surface area contributed by atoms with E-state index in [1.54, 1.807) is 18.9 Å². The van der Waals surface area contributed by atoms with Crippen molar-refractivity contribution in [2.24, 2.45) is 0 Å². The number of rotatable bonds is 4. The molecule has 4 rings (SSSR count). The Bertz CT molecular complexity index is 1120. The molecule has 0 atom stereocenters. The van der Waals surface area contributed by atoms with Gasteiger partial charge in [-0.25, -0.2) is 15.0 Å². The van der Waals surface area contributed by atoms with Crippen LogP contribution in [-0.4, -0.2) is 28.3 Å². The molecule has 0 radical (unpaired) electrons. The van der Waals surface area contributed by atoms with Gasteiger partial charge in [0.2, 0.25) is 0 Å². The number of aromatic nitrogens is 3. The monoisotopic (exact) mass is 375 g/mol. The average Bonchev–Trinajstić information content (AvgIpc) is 2.72. The molecule has 3 aromatic rings. The lowest BCUT2D eigenvalue weighted by atomic mass is 10.0. The molecule has 2 heterocycles. The van der Waals surface area contributed by atoms with Crippen LogP contribution in [0.2, 0.25) is 0 Å². The van der Waals surface area contributed by atoms with Gasteiger partial charge in [0.15, 0.2) is 5.82 Å². The van der Waals surface area contributed by atoms with Gasteiger partial charge >= 0.3 is 0 Å². The number of hydrogen-bond acceptors (Lipinski definition) is 5. The molecule has 0 aliphatic heterocycles. The molecular formula is C22H21N3OS. The van der Waals surface area contributed by atoms with Crippen molar-refractivity contribution < 1.29 is 4.74 Å². The second kappa shape index (κ2) is 7.53. The predicted molar refractivity (Wildman–Crippen MR) is 111 cm³/mol. The lowest BCUT2D eigenvalue weighted by molar-refractivity contribution is 0.415. The Labute approximate surface area is 163 Å². The molecule has 0 unspecified atom stereocenters. The van der Waals surface area contributed by atoms with Crippen LogP contribution in [0.5, 0.6) is 5.75 Å². The first-order chi connectivity index (χ1) is 13.2. The van der Waals surface area contributed by atoms with Crippen molar-refractivity contribution in [2.45, 2.75) is 24.7 Å². The zero-order valence-electron chi connectivity index (χ0n) is 15.7. The summed E-state index contributed by atoms with van der Waals surface area (Å²) < 4.78 is 5.40. The molecule has 5 heteroatoms. The van der Waals surface area contributed by atoms with Gasteiger partial charge in [-0.3, -0.25) is 0 Å². The molecule has 1 aromatic carbocycles. The Hall–Kier alpha value is -2.66. The van der Waals surface area contributed by atoms with E-state index in [9.17, 15) is 0 Å². The number of pyridine rings is 1. The Kier molecular flexibility index (Phi) is 4.94. The van der Waals surface area contributed by atoms with Crippen LogP contribution in [-0.2, 0) is 0 Å². The zero-order valence-corrected chi connectivity index (χ0v) is 16.5. The van der Waals surface area contributed by atoms with Gasteiger partial charge in [0, 0.05) is 21.4 Å². The summed E-state index contributed by atoms with van der Waals surface area (Å²) in [6.07, 6.45) is 8.49. The molecule has 2 aromatic heterocycles. The van der Waals surface area contributed by atoms with Crippen LogP contribution >= 0.6 is 11.8 Å². The molecule has 0 saturated heterocycles. The van der Waals surface area contributed by atoms with E-state index in [0.717, 1.165) is 56.7 Å². The first-order valence-corrected chi connectivity index (χ1v) is 10.2. The molecule has 4 nitrogen and oxygen atoms in total. The number of ether oxygens (including phenoxy) is 1. The molecule has 0 N–H and O–H groups in total. The third-order valence-electron chi connectivity index (χ3n) is 4.56. The number of fused-ring (bicyclic) bond motifs is 1. The highest BCUT2D eigenvalue weighted by molar-refractivity contribution is 7.98. The number of aryl methyl sites for hydroxylation is 1. The van der Waals surface area contributed by atoms with Crippen molar-refractivity contribution in [1.82, 2.24) is 15.0 Å². The molecule has 0 bridgehead atoms. The fourth-order valence-corrected chi connectivity index (χ4v) is 3.78. The van der Waals surface area contributed by atoms with E-state index in [1.165, 1.54) is 0 Å². The Morgan fingerprint density at radius 3 is 2.67 bits per heavy atom. The second-order valence-corrected chi connectivity index (χ2v) is 7.33. The van der Waals surface area contributed by atoms with E-state index in [-0.39, 0.29) is 0 Å².